The van der Waals surface area contributed by atoms with Crippen LogP contribution in [0.1, 0.15) is 46.0 Å². The second-order valence-electron chi connectivity index (χ2n) is 6.78. The number of hydrogen-bond acceptors (Lipinski definition) is 3. The summed E-state index contributed by atoms with van der Waals surface area (Å²) in [6.45, 7) is 16.5. The molecule has 0 N–H and O–H groups in total. The van der Waals surface area contributed by atoms with Crippen LogP contribution < -0.4 is 0 Å². The quantitative estimate of drug-likeness (QED) is 0.710. The molecule has 0 saturated carbocycles. The molecular weight excluding hydrogens is 246 g/mol. The van der Waals surface area contributed by atoms with Gasteiger partial charge in [0.25, 0.3) is 0 Å². The second-order valence-corrected chi connectivity index (χ2v) is 6.78. The average molecular weight is 281 g/mol. The average Bonchev–Trinajstić information content (AvgIpc) is 2.49. The van der Waals surface area contributed by atoms with Gasteiger partial charge >= 0.3 is 0 Å². The van der Waals surface area contributed by atoms with Crippen molar-refractivity contribution in [2.75, 3.05) is 58.9 Å². The van der Waals surface area contributed by atoms with Gasteiger partial charge in [-0.15, -0.1) is 0 Å². The number of nitrogens with zero attached hydrogens (tertiary/aromatic N) is 3. The van der Waals surface area contributed by atoms with Gasteiger partial charge in [0.1, 0.15) is 0 Å². The summed E-state index contributed by atoms with van der Waals surface area (Å²) in [6.07, 6.45) is 6.88. The van der Waals surface area contributed by atoms with E-state index in [1.807, 2.05) is 0 Å². The van der Waals surface area contributed by atoms with Gasteiger partial charge < -0.3 is 14.7 Å². The normalized spacial score (nSPS) is 24.3. The standard InChI is InChI=1S/C17H35N3/c1-3-5-9-19-10-6-17(7-11-19)16-20-14-12-18(8-4-2)13-15-20/h17H,3-16H2,1-2H3. The van der Waals surface area contributed by atoms with Gasteiger partial charge in [0.2, 0.25) is 0 Å². The van der Waals surface area contributed by atoms with Crippen molar-refractivity contribution in [2.45, 2.75) is 46.0 Å². The summed E-state index contributed by atoms with van der Waals surface area (Å²) < 4.78 is 0. The Morgan fingerprint density at radius 3 is 1.90 bits per heavy atom. The number of piperidine rings is 1. The Balaban J connectivity index is 1.59. The maximum Gasteiger partial charge on any atom is 0.0110 e. The minimum absolute atomic E-state index is 0.964. The first kappa shape index (κ1) is 16.3. The SMILES string of the molecule is CCCCN1CCC(CN2CCN(CCC)CC2)CC1. The summed E-state index contributed by atoms with van der Waals surface area (Å²) >= 11 is 0. The van der Waals surface area contributed by atoms with Crippen LogP contribution in [0.25, 0.3) is 0 Å². The van der Waals surface area contributed by atoms with Crippen LogP contribution in [0.15, 0.2) is 0 Å². The van der Waals surface area contributed by atoms with E-state index in [1.54, 1.807) is 0 Å². The molecular formula is C17H35N3. The fraction of sp³-hybridized carbons (Fsp3) is 1.00. The van der Waals surface area contributed by atoms with Crippen LogP contribution in [-0.4, -0.2) is 73.6 Å². The van der Waals surface area contributed by atoms with E-state index < -0.39 is 0 Å². The molecule has 2 aliphatic heterocycles. The molecule has 0 spiro atoms. The highest BCUT2D eigenvalue weighted by Gasteiger charge is 2.23. The number of piperazine rings is 1. The smallest absolute Gasteiger partial charge is 0.0110 e. The highest BCUT2D eigenvalue weighted by molar-refractivity contribution is 4.78. The molecule has 0 bridgehead atoms. The van der Waals surface area contributed by atoms with Crippen molar-refractivity contribution in [3.63, 3.8) is 0 Å². The Morgan fingerprint density at radius 1 is 0.700 bits per heavy atom. The Kier molecular flexibility index (Phi) is 7.32. The molecule has 0 atom stereocenters. The van der Waals surface area contributed by atoms with Gasteiger partial charge in [-0.2, -0.15) is 0 Å². The summed E-state index contributed by atoms with van der Waals surface area (Å²) in [5.74, 6) is 0.964. The number of unbranched alkanes of at least 4 members (excludes halogenated alkanes) is 1. The lowest BCUT2D eigenvalue weighted by molar-refractivity contribution is 0.0949. The van der Waals surface area contributed by atoms with Crippen LogP contribution in [0.2, 0.25) is 0 Å². The fourth-order valence-corrected chi connectivity index (χ4v) is 3.65. The van der Waals surface area contributed by atoms with Gasteiger partial charge in [0.15, 0.2) is 0 Å². The van der Waals surface area contributed by atoms with Crippen molar-refractivity contribution in [1.29, 1.82) is 0 Å². The lowest BCUT2D eigenvalue weighted by Crippen LogP contribution is -2.48. The Labute approximate surface area is 126 Å². The van der Waals surface area contributed by atoms with E-state index >= 15 is 0 Å². The zero-order valence-electron chi connectivity index (χ0n) is 13.8. The van der Waals surface area contributed by atoms with Gasteiger partial charge in [-0.3, -0.25) is 0 Å². The van der Waals surface area contributed by atoms with Gasteiger partial charge in [0.05, 0.1) is 0 Å². The Bertz CT molecular complexity index is 241. The summed E-state index contributed by atoms with van der Waals surface area (Å²) in [4.78, 5) is 8.03. The molecule has 3 heteroatoms. The largest absolute Gasteiger partial charge is 0.303 e. The maximum atomic E-state index is 2.72. The lowest BCUT2D eigenvalue weighted by atomic mass is 9.95. The molecule has 0 aliphatic carbocycles. The summed E-state index contributed by atoms with van der Waals surface area (Å²) in [7, 11) is 0. The minimum atomic E-state index is 0.964. The van der Waals surface area contributed by atoms with Crippen molar-refractivity contribution >= 4 is 0 Å². The first-order valence-corrected chi connectivity index (χ1v) is 8.99. The maximum absolute atomic E-state index is 2.72. The van der Waals surface area contributed by atoms with Gasteiger partial charge in [-0.1, -0.05) is 20.3 Å². The molecule has 2 aliphatic rings. The molecule has 3 nitrogen and oxygen atoms in total. The Hall–Kier alpha value is -0.120. The molecule has 0 aromatic heterocycles. The third-order valence-electron chi connectivity index (χ3n) is 5.06. The minimum Gasteiger partial charge on any atom is -0.303 e. The summed E-state index contributed by atoms with van der Waals surface area (Å²) in [5.41, 5.74) is 0. The van der Waals surface area contributed by atoms with Gasteiger partial charge in [-0.25, -0.2) is 0 Å². The third-order valence-corrected chi connectivity index (χ3v) is 5.06. The first-order valence-electron chi connectivity index (χ1n) is 8.99. The van der Waals surface area contributed by atoms with Gasteiger partial charge in [0, 0.05) is 32.7 Å². The molecule has 0 unspecified atom stereocenters. The number of hydrogen-bond donors (Lipinski definition) is 0. The molecule has 118 valence electrons. The van der Waals surface area contributed by atoms with Crippen molar-refractivity contribution in [3.05, 3.63) is 0 Å². The summed E-state index contributed by atoms with van der Waals surface area (Å²) in [5, 5.41) is 0. The molecule has 0 aromatic carbocycles. The highest BCUT2D eigenvalue weighted by atomic mass is 15.3. The van der Waals surface area contributed by atoms with Crippen molar-refractivity contribution in [1.82, 2.24) is 14.7 Å². The highest BCUT2D eigenvalue weighted by Crippen LogP contribution is 2.19. The van der Waals surface area contributed by atoms with E-state index in [0.29, 0.717) is 0 Å². The van der Waals surface area contributed by atoms with Crippen LogP contribution in [0.4, 0.5) is 0 Å². The van der Waals surface area contributed by atoms with Crippen molar-refractivity contribution in [2.24, 2.45) is 5.92 Å². The molecule has 2 heterocycles. The number of likely N-dealkylation sites (tertiary alicyclic amines) is 1. The molecule has 2 fully saturated rings. The molecule has 0 amide bonds. The van der Waals surface area contributed by atoms with E-state index in [4.69, 9.17) is 0 Å². The van der Waals surface area contributed by atoms with Gasteiger partial charge in [-0.05, 0) is 57.8 Å². The van der Waals surface area contributed by atoms with E-state index in [2.05, 4.69) is 28.5 Å². The van der Waals surface area contributed by atoms with Crippen molar-refractivity contribution in [3.8, 4) is 0 Å². The first-order chi connectivity index (χ1) is 9.81. The van der Waals surface area contributed by atoms with Crippen LogP contribution in [-0.2, 0) is 0 Å². The zero-order chi connectivity index (χ0) is 14.2. The van der Waals surface area contributed by atoms with Crippen molar-refractivity contribution < 1.29 is 0 Å². The zero-order valence-corrected chi connectivity index (χ0v) is 13.8. The molecule has 20 heavy (non-hydrogen) atoms. The second kappa shape index (κ2) is 9.01. The van der Waals surface area contributed by atoms with E-state index in [9.17, 15) is 0 Å². The molecule has 0 radical (unpaired) electrons. The topological polar surface area (TPSA) is 9.72 Å². The fourth-order valence-electron chi connectivity index (χ4n) is 3.65. The van der Waals surface area contributed by atoms with Crippen LogP contribution in [0, 0.1) is 5.92 Å². The predicted octanol–water partition coefficient (Wildman–Crippen LogP) is 2.53. The predicted molar refractivity (Wildman–Crippen MR) is 87.2 cm³/mol. The number of rotatable bonds is 7. The van der Waals surface area contributed by atoms with E-state index in [-0.39, 0.29) is 0 Å². The lowest BCUT2D eigenvalue weighted by Gasteiger charge is -2.38. The molecule has 0 aromatic rings. The monoisotopic (exact) mass is 281 g/mol. The van der Waals surface area contributed by atoms with Crippen LogP contribution in [0.5, 0.6) is 0 Å². The third kappa shape index (κ3) is 5.34. The van der Waals surface area contributed by atoms with E-state index in [0.717, 1.165) is 5.92 Å². The van der Waals surface area contributed by atoms with Crippen LogP contribution in [0.3, 0.4) is 0 Å². The summed E-state index contributed by atoms with van der Waals surface area (Å²) in [6, 6.07) is 0. The molecule has 2 rings (SSSR count). The Morgan fingerprint density at radius 2 is 1.30 bits per heavy atom. The van der Waals surface area contributed by atoms with Crippen LogP contribution >= 0.6 is 0 Å². The molecule has 2 saturated heterocycles. The van der Waals surface area contributed by atoms with E-state index in [1.165, 1.54) is 91.0 Å².